The fraction of sp³-hybridized carbons (Fsp3) is 1.00. The van der Waals surface area contributed by atoms with Crippen LogP contribution in [-0.4, -0.2) is 11.7 Å². The SMILES string of the molecule is CCO.[O]=[Pr]. The molecule has 0 atom stereocenters. The molecule has 0 aromatic rings. The molecular weight excluding hydrogens is 197 g/mol. The molecule has 0 fully saturated rings. The first kappa shape index (κ1) is 9.45. The van der Waals surface area contributed by atoms with E-state index in [-0.39, 0.29) is 45.9 Å². The van der Waals surface area contributed by atoms with Crippen LogP contribution in [0.15, 0.2) is 0 Å². The van der Waals surface area contributed by atoms with Crippen LogP contribution >= 0.6 is 0 Å². The molecule has 0 bridgehead atoms. The third-order valence-electron chi connectivity index (χ3n) is 0. The van der Waals surface area contributed by atoms with Gasteiger partial charge in [0, 0.05) is 6.61 Å². The second kappa shape index (κ2) is 19.3. The maximum absolute atomic E-state index is 8.42. The quantitative estimate of drug-likeness (QED) is 0.595. The molecule has 29 valence electrons. The van der Waals surface area contributed by atoms with Crippen molar-refractivity contribution < 1.29 is 45.4 Å². The summed E-state index contributed by atoms with van der Waals surface area (Å²) in [5.41, 5.74) is 0. The van der Waals surface area contributed by atoms with Gasteiger partial charge in [0.25, 0.3) is 0 Å². The first-order valence-electron chi connectivity index (χ1n) is 1.26. The number of rotatable bonds is 0. The van der Waals surface area contributed by atoms with Crippen LogP contribution in [0.25, 0.3) is 0 Å². The Balaban J connectivity index is 0. The zero-order valence-electron chi connectivity index (χ0n) is 3.14. The van der Waals surface area contributed by atoms with Crippen molar-refractivity contribution in [3.05, 3.63) is 0 Å². The Bertz CT molecular complexity index is 11.6. The summed E-state index contributed by atoms with van der Waals surface area (Å²) in [6.07, 6.45) is 0. The monoisotopic (exact) mass is 203 g/mol. The van der Waals surface area contributed by atoms with Gasteiger partial charge in [0.1, 0.15) is 0 Å². The van der Waals surface area contributed by atoms with E-state index in [1.54, 1.807) is 6.92 Å². The van der Waals surface area contributed by atoms with E-state index in [2.05, 4.69) is 0 Å². The van der Waals surface area contributed by atoms with E-state index in [4.69, 9.17) is 6.10 Å². The van der Waals surface area contributed by atoms with Crippen molar-refractivity contribution in [2.24, 2.45) is 0 Å². The Morgan fingerprint density at radius 3 is 1.80 bits per heavy atom. The standard InChI is InChI=1S/C2H6O.O.Pr/c1-2-3;;/h3H,2H2,1H3;;. The van der Waals surface area contributed by atoms with E-state index < -0.39 is 0 Å². The summed E-state index contributed by atoms with van der Waals surface area (Å²) in [4.78, 5) is 0. The minimum atomic E-state index is -0.0833. The summed E-state index contributed by atoms with van der Waals surface area (Å²) < 4.78 is 8.42. The van der Waals surface area contributed by atoms with Crippen LogP contribution in [0.4, 0.5) is 0 Å². The Morgan fingerprint density at radius 2 is 1.80 bits per heavy atom. The first-order chi connectivity index (χ1) is 2.41. The molecule has 5 heavy (non-hydrogen) atoms. The Kier molecular flexibility index (Phi) is 36.5. The van der Waals surface area contributed by atoms with Gasteiger partial charge in [-0.15, -0.1) is 0 Å². The van der Waals surface area contributed by atoms with Gasteiger partial charge in [-0.3, -0.25) is 0 Å². The first-order valence-corrected chi connectivity index (χ1v) is 2.77. The van der Waals surface area contributed by atoms with E-state index >= 15 is 0 Å². The van der Waals surface area contributed by atoms with Gasteiger partial charge < -0.3 is 5.11 Å². The minimum absolute atomic E-state index is 0.0833. The Hall–Kier alpha value is 1.12. The number of aliphatic hydroxyl groups is 1. The second-order valence-electron chi connectivity index (χ2n) is 0.316. The fourth-order valence-corrected chi connectivity index (χ4v) is 0. The van der Waals surface area contributed by atoms with Gasteiger partial charge in [-0.2, -0.15) is 0 Å². The summed E-state index contributed by atoms with van der Waals surface area (Å²) in [5.74, 6) is 0. The zero-order valence-corrected chi connectivity index (χ0v) is 6.84. The predicted octanol–water partition coefficient (Wildman–Crippen LogP) is -0.120. The zero-order chi connectivity index (χ0) is 4.71. The summed E-state index contributed by atoms with van der Waals surface area (Å²) in [6.45, 7) is 1.93. The molecular formula is C2H6O2Pr. The van der Waals surface area contributed by atoms with Gasteiger partial charge in [-0.1, -0.05) is 0 Å². The molecule has 0 aromatic heterocycles. The van der Waals surface area contributed by atoms with Gasteiger partial charge in [0.05, 0.1) is 0 Å². The molecule has 0 heterocycles. The van der Waals surface area contributed by atoms with E-state index in [9.17, 15) is 0 Å². The third-order valence-corrected chi connectivity index (χ3v) is 0. The molecule has 0 aliphatic rings. The van der Waals surface area contributed by atoms with Crippen molar-refractivity contribution in [1.29, 1.82) is 0 Å². The molecule has 0 aromatic carbocycles. The molecule has 0 amide bonds. The van der Waals surface area contributed by atoms with Crippen molar-refractivity contribution in [2.75, 3.05) is 6.61 Å². The summed E-state index contributed by atoms with van der Waals surface area (Å²) in [5, 5.41) is 7.57. The van der Waals surface area contributed by atoms with Gasteiger partial charge in [-0.05, 0) is 6.92 Å². The molecule has 0 saturated carbocycles. The van der Waals surface area contributed by atoms with Crippen molar-refractivity contribution in [2.45, 2.75) is 6.92 Å². The van der Waals surface area contributed by atoms with Gasteiger partial charge in [0.2, 0.25) is 0 Å². The normalized spacial score (nSPS) is 4.80. The van der Waals surface area contributed by atoms with Crippen molar-refractivity contribution in [3.63, 3.8) is 0 Å². The molecule has 0 saturated heterocycles. The van der Waals surface area contributed by atoms with Crippen LogP contribution in [0, 0.1) is 39.3 Å². The number of aliphatic hydroxyl groups excluding tert-OH is 1. The van der Waals surface area contributed by atoms with E-state index in [0.29, 0.717) is 0 Å². The topological polar surface area (TPSA) is 37.3 Å². The van der Waals surface area contributed by atoms with Gasteiger partial charge in [0.15, 0.2) is 0 Å². The van der Waals surface area contributed by atoms with E-state index in [1.807, 2.05) is 0 Å². The summed E-state index contributed by atoms with van der Waals surface area (Å²) in [6, 6.07) is 0. The van der Waals surface area contributed by atoms with Crippen molar-refractivity contribution in [1.82, 2.24) is 0 Å². The molecule has 0 rings (SSSR count). The number of hydrogen-bond acceptors (Lipinski definition) is 2. The van der Waals surface area contributed by atoms with Crippen LogP contribution in [0.3, 0.4) is 0 Å². The third kappa shape index (κ3) is 39.6. The molecule has 0 aliphatic carbocycles. The van der Waals surface area contributed by atoms with E-state index in [1.165, 1.54) is 0 Å². The molecule has 2 nitrogen and oxygen atoms in total. The van der Waals surface area contributed by atoms with Gasteiger partial charge >= 0.3 is 40.3 Å². The average molecular weight is 203 g/mol. The molecule has 0 radical (unpaired) electrons. The van der Waals surface area contributed by atoms with Crippen LogP contribution in [-0.2, 0) is 0.995 Å². The summed E-state index contributed by atoms with van der Waals surface area (Å²) >= 11 is -0.0833. The molecule has 0 aliphatic heterocycles. The maximum atomic E-state index is 8.42. The van der Waals surface area contributed by atoms with Crippen molar-refractivity contribution >= 4 is 0 Å². The Labute approximate surface area is 58.4 Å². The van der Waals surface area contributed by atoms with Gasteiger partial charge in [-0.25, -0.2) is 0 Å². The molecule has 0 spiro atoms. The van der Waals surface area contributed by atoms with E-state index in [0.717, 1.165) is 0 Å². The van der Waals surface area contributed by atoms with Crippen LogP contribution in [0.1, 0.15) is 6.92 Å². The van der Waals surface area contributed by atoms with Crippen LogP contribution in [0.2, 0.25) is 0 Å². The second-order valence-corrected chi connectivity index (χ2v) is 0.316. The number of hydrogen-bond donors (Lipinski definition) is 1. The molecule has 1 N–H and O–H groups in total. The Morgan fingerprint density at radius 1 is 1.80 bits per heavy atom. The predicted molar refractivity (Wildman–Crippen MR) is 13.4 cm³/mol. The summed E-state index contributed by atoms with van der Waals surface area (Å²) in [7, 11) is 0. The molecule has 3 heteroatoms. The fourth-order valence-electron chi connectivity index (χ4n) is 0. The van der Waals surface area contributed by atoms with Crippen LogP contribution < -0.4 is 0 Å². The average Bonchev–Trinajstić information content (AvgIpc) is 1.46. The molecule has 0 unspecified atom stereocenters. The van der Waals surface area contributed by atoms with Crippen LogP contribution in [0.5, 0.6) is 0 Å². The van der Waals surface area contributed by atoms with Crippen molar-refractivity contribution in [3.8, 4) is 0 Å².